The van der Waals surface area contributed by atoms with E-state index in [1.54, 1.807) is 0 Å². The van der Waals surface area contributed by atoms with Crippen LogP contribution < -0.4 is 5.73 Å². The summed E-state index contributed by atoms with van der Waals surface area (Å²) < 4.78 is 0. The fourth-order valence-electron chi connectivity index (χ4n) is 2.74. The van der Waals surface area contributed by atoms with E-state index in [1.807, 2.05) is 0 Å². The predicted molar refractivity (Wildman–Crippen MR) is 99.1 cm³/mol. The number of nitrogens with two attached hydrogens (primary N) is 1. The van der Waals surface area contributed by atoms with Gasteiger partial charge in [-0.1, -0.05) is 90.4 Å². The van der Waals surface area contributed by atoms with E-state index in [1.165, 1.54) is 83.5 Å². The van der Waals surface area contributed by atoms with Crippen molar-refractivity contribution in [3.05, 3.63) is 0 Å². The van der Waals surface area contributed by atoms with Crippen molar-refractivity contribution in [2.75, 3.05) is 6.54 Å². The van der Waals surface area contributed by atoms with E-state index in [4.69, 9.17) is 10.8 Å². The van der Waals surface area contributed by atoms with Gasteiger partial charge in [0.25, 0.3) is 0 Å². The van der Waals surface area contributed by atoms with Crippen LogP contribution in [-0.4, -0.2) is 23.5 Å². The average Bonchev–Trinajstić information content (AvgIpc) is 2.50. The highest BCUT2D eigenvalue weighted by molar-refractivity contribution is 5.95. The molecule has 0 amide bonds. The molecular formula is C19H38N2O2. The zero-order valence-corrected chi connectivity index (χ0v) is 15.2. The Hall–Kier alpha value is -1.06. The molecule has 0 radical (unpaired) electrons. The van der Waals surface area contributed by atoms with Crippen molar-refractivity contribution in [1.29, 1.82) is 0 Å². The molecule has 0 spiro atoms. The molecule has 0 aromatic rings. The number of aliphatic carboxylic acids is 1. The number of carbonyl (C=O) groups is 1. The number of rotatable bonds is 17. The molecule has 0 unspecified atom stereocenters. The van der Waals surface area contributed by atoms with Crippen LogP contribution in [0.5, 0.6) is 0 Å². The third-order valence-corrected chi connectivity index (χ3v) is 4.16. The quantitative estimate of drug-likeness (QED) is 0.216. The maximum atomic E-state index is 10.4. The third-order valence-electron chi connectivity index (χ3n) is 4.16. The summed E-state index contributed by atoms with van der Waals surface area (Å²) in [4.78, 5) is 14.5. The minimum Gasteiger partial charge on any atom is -0.481 e. The van der Waals surface area contributed by atoms with Gasteiger partial charge in [0.1, 0.15) is 12.3 Å². The van der Waals surface area contributed by atoms with Crippen molar-refractivity contribution in [3.63, 3.8) is 0 Å². The van der Waals surface area contributed by atoms with Crippen LogP contribution in [0.25, 0.3) is 0 Å². The second-order valence-electron chi connectivity index (χ2n) is 6.54. The first-order valence-corrected chi connectivity index (χ1v) is 9.67. The standard InChI is InChI=1S/C19H38N2O2/c1-2-3-4-5-6-7-8-9-10-11-12-13-14-15-16-21-18(20)17-19(22)23/h2-17H2,1H3,(H2,20,21)(H,22,23). The van der Waals surface area contributed by atoms with E-state index < -0.39 is 5.97 Å². The van der Waals surface area contributed by atoms with Gasteiger partial charge in [-0.2, -0.15) is 0 Å². The van der Waals surface area contributed by atoms with Gasteiger partial charge >= 0.3 is 5.97 Å². The summed E-state index contributed by atoms with van der Waals surface area (Å²) in [7, 11) is 0. The van der Waals surface area contributed by atoms with Gasteiger partial charge in [0, 0.05) is 6.54 Å². The van der Waals surface area contributed by atoms with Crippen molar-refractivity contribution in [2.24, 2.45) is 10.7 Å². The minimum atomic E-state index is -0.910. The molecule has 0 aromatic carbocycles. The largest absolute Gasteiger partial charge is 0.481 e. The molecule has 0 aromatic heterocycles. The van der Waals surface area contributed by atoms with Gasteiger partial charge in [-0.3, -0.25) is 9.79 Å². The molecule has 0 fully saturated rings. The molecule has 0 aliphatic heterocycles. The van der Waals surface area contributed by atoms with Crippen LogP contribution in [0, 0.1) is 0 Å². The van der Waals surface area contributed by atoms with Crippen molar-refractivity contribution >= 4 is 11.8 Å². The fourth-order valence-corrected chi connectivity index (χ4v) is 2.74. The molecule has 0 aliphatic rings. The first-order chi connectivity index (χ1) is 11.2. The summed E-state index contributed by atoms with van der Waals surface area (Å²) >= 11 is 0. The van der Waals surface area contributed by atoms with Gasteiger partial charge in [-0.25, -0.2) is 0 Å². The number of nitrogens with zero attached hydrogens (tertiary/aromatic N) is 1. The summed E-state index contributed by atoms with van der Waals surface area (Å²) in [6.07, 6.45) is 18.5. The Morgan fingerprint density at radius 3 is 1.57 bits per heavy atom. The van der Waals surface area contributed by atoms with Crippen molar-refractivity contribution < 1.29 is 9.90 Å². The molecule has 136 valence electrons. The van der Waals surface area contributed by atoms with Crippen LogP contribution in [0.1, 0.15) is 103 Å². The first-order valence-electron chi connectivity index (χ1n) is 9.67. The van der Waals surface area contributed by atoms with E-state index in [0.717, 1.165) is 6.42 Å². The van der Waals surface area contributed by atoms with Gasteiger partial charge in [0.05, 0.1) is 0 Å². The number of unbranched alkanes of at least 4 members (excludes halogenated alkanes) is 13. The predicted octanol–water partition coefficient (Wildman–Crippen LogP) is 5.30. The lowest BCUT2D eigenvalue weighted by molar-refractivity contribution is -0.135. The Morgan fingerprint density at radius 1 is 0.783 bits per heavy atom. The Kier molecular flexibility index (Phi) is 16.5. The van der Waals surface area contributed by atoms with Crippen LogP contribution >= 0.6 is 0 Å². The molecule has 0 bridgehead atoms. The molecule has 4 nitrogen and oxygen atoms in total. The van der Waals surface area contributed by atoms with Gasteiger partial charge < -0.3 is 10.8 Å². The summed E-state index contributed by atoms with van der Waals surface area (Å²) in [5.41, 5.74) is 5.50. The molecule has 4 heteroatoms. The van der Waals surface area contributed by atoms with Gasteiger partial charge in [-0.05, 0) is 6.42 Å². The number of carboxylic acids is 1. The SMILES string of the molecule is CCCCCCCCCCCCCCCCN=C(N)CC(=O)O. The smallest absolute Gasteiger partial charge is 0.310 e. The summed E-state index contributed by atoms with van der Waals surface area (Å²) in [6.45, 7) is 2.93. The lowest BCUT2D eigenvalue weighted by atomic mass is 10.0. The summed E-state index contributed by atoms with van der Waals surface area (Å²) in [5, 5.41) is 8.55. The van der Waals surface area contributed by atoms with Gasteiger partial charge in [0.2, 0.25) is 0 Å². The number of aliphatic imine (C=N–C) groups is 1. The molecule has 0 saturated carbocycles. The Balaban J connectivity index is 3.15. The Labute approximate surface area is 142 Å². The van der Waals surface area contributed by atoms with Crippen LogP contribution in [0.4, 0.5) is 0 Å². The molecule has 0 rings (SSSR count). The number of amidine groups is 1. The molecule has 23 heavy (non-hydrogen) atoms. The van der Waals surface area contributed by atoms with Crippen LogP contribution in [0.2, 0.25) is 0 Å². The van der Waals surface area contributed by atoms with E-state index in [2.05, 4.69) is 11.9 Å². The zero-order chi connectivity index (χ0) is 17.2. The van der Waals surface area contributed by atoms with E-state index in [9.17, 15) is 4.79 Å². The first kappa shape index (κ1) is 21.9. The normalized spacial score (nSPS) is 11.8. The van der Waals surface area contributed by atoms with Gasteiger partial charge in [0.15, 0.2) is 0 Å². The highest BCUT2D eigenvalue weighted by Crippen LogP contribution is 2.12. The lowest BCUT2D eigenvalue weighted by Gasteiger charge is -2.03. The Bertz CT molecular complexity index is 304. The van der Waals surface area contributed by atoms with E-state index >= 15 is 0 Å². The lowest BCUT2D eigenvalue weighted by Crippen LogP contribution is -2.17. The number of hydrogen-bond donors (Lipinski definition) is 2. The van der Waals surface area contributed by atoms with Gasteiger partial charge in [-0.15, -0.1) is 0 Å². The number of carboxylic acid groups (broad SMARTS) is 1. The fraction of sp³-hybridized carbons (Fsp3) is 0.895. The maximum absolute atomic E-state index is 10.4. The average molecular weight is 327 g/mol. The summed E-state index contributed by atoms with van der Waals surface area (Å²) in [5.74, 6) is -0.667. The second-order valence-corrected chi connectivity index (χ2v) is 6.54. The molecule has 0 aliphatic carbocycles. The summed E-state index contributed by atoms with van der Waals surface area (Å²) in [6, 6.07) is 0. The zero-order valence-electron chi connectivity index (χ0n) is 15.2. The molecular weight excluding hydrogens is 288 g/mol. The van der Waals surface area contributed by atoms with Crippen molar-refractivity contribution in [3.8, 4) is 0 Å². The van der Waals surface area contributed by atoms with Crippen LogP contribution in [-0.2, 0) is 4.79 Å². The van der Waals surface area contributed by atoms with E-state index in [0.29, 0.717) is 6.54 Å². The minimum absolute atomic E-state index is 0.140. The van der Waals surface area contributed by atoms with E-state index in [-0.39, 0.29) is 12.3 Å². The second kappa shape index (κ2) is 17.3. The van der Waals surface area contributed by atoms with Crippen LogP contribution in [0.3, 0.4) is 0 Å². The van der Waals surface area contributed by atoms with Crippen LogP contribution in [0.15, 0.2) is 4.99 Å². The maximum Gasteiger partial charge on any atom is 0.310 e. The van der Waals surface area contributed by atoms with Crippen molar-refractivity contribution in [2.45, 2.75) is 103 Å². The molecule has 0 heterocycles. The molecule has 0 saturated heterocycles. The monoisotopic (exact) mass is 326 g/mol. The topological polar surface area (TPSA) is 75.7 Å². The third kappa shape index (κ3) is 18.9. The molecule has 3 N–H and O–H groups in total. The number of hydrogen-bond acceptors (Lipinski definition) is 2. The Morgan fingerprint density at radius 2 is 1.17 bits per heavy atom. The molecule has 0 atom stereocenters. The highest BCUT2D eigenvalue weighted by atomic mass is 16.4. The highest BCUT2D eigenvalue weighted by Gasteiger charge is 1.99. The van der Waals surface area contributed by atoms with Crippen molar-refractivity contribution in [1.82, 2.24) is 0 Å².